The Morgan fingerprint density at radius 3 is 2.00 bits per heavy atom. The molecular formula is C16H25N3O2. The molecule has 0 aliphatic heterocycles. The van der Waals surface area contributed by atoms with E-state index >= 15 is 0 Å². The molecule has 21 heavy (non-hydrogen) atoms. The number of benzene rings is 1. The highest BCUT2D eigenvalue weighted by Gasteiger charge is 2.13. The SMILES string of the molecule is Cc1cc(C)c(NC(=O)CN(C)CC(=O)N(C)C)c(C)c1. The van der Waals surface area contributed by atoms with E-state index in [1.54, 1.807) is 26.0 Å². The zero-order chi connectivity index (χ0) is 16.2. The van der Waals surface area contributed by atoms with E-state index in [4.69, 9.17) is 0 Å². The maximum atomic E-state index is 12.1. The second-order valence-electron chi connectivity index (χ2n) is 5.78. The van der Waals surface area contributed by atoms with Crippen molar-refractivity contribution < 1.29 is 9.59 Å². The number of carbonyl (C=O) groups is 2. The maximum Gasteiger partial charge on any atom is 0.238 e. The maximum absolute atomic E-state index is 12.1. The summed E-state index contributed by atoms with van der Waals surface area (Å²) in [6.07, 6.45) is 0. The van der Waals surface area contributed by atoms with Crippen LogP contribution in [-0.4, -0.2) is 55.8 Å². The Balaban J connectivity index is 2.64. The molecule has 0 radical (unpaired) electrons. The first-order valence-electron chi connectivity index (χ1n) is 6.97. The van der Waals surface area contributed by atoms with Crippen molar-refractivity contribution in [1.29, 1.82) is 0 Å². The van der Waals surface area contributed by atoms with Crippen LogP contribution in [0.4, 0.5) is 5.69 Å². The zero-order valence-corrected chi connectivity index (χ0v) is 13.8. The summed E-state index contributed by atoms with van der Waals surface area (Å²) in [6.45, 7) is 6.41. The zero-order valence-electron chi connectivity index (χ0n) is 13.8. The van der Waals surface area contributed by atoms with Crippen molar-refractivity contribution in [3.8, 4) is 0 Å². The summed E-state index contributed by atoms with van der Waals surface area (Å²) in [6, 6.07) is 4.09. The van der Waals surface area contributed by atoms with Gasteiger partial charge in [0.05, 0.1) is 13.1 Å². The molecule has 0 bridgehead atoms. The van der Waals surface area contributed by atoms with Crippen LogP contribution in [0.2, 0.25) is 0 Å². The van der Waals surface area contributed by atoms with Crippen LogP contribution in [-0.2, 0) is 9.59 Å². The molecule has 0 aliphatic rings. The number of carbonyl (C=O) groups excluding carboxylic acids is 2. The summed E-state index contributed by atoms with van der Waals surface area (Å²) < 4.78 is 0. The Bertz CT molecular complexity index is 515. The minimum Gasteiger partial charge on any atom is -0.348 e. The van der Waals surface area contributed by atoms with Gasteiger partial charge in [0.2, 0.25) is 11.8 Å². The van der Waals surface area contributed by atoms with Gasteiger partial charge in [0, 0.05) is 19.8 Å². The summed E-state index contributed by atoms with van der Waals surface area (Å²) in [4.78, 5) is 26.9. The first kappa shape index (κ1) is 17.2. The van der Waals surface area contributed by atoms with Crippen molar-refractivity contribution in [2.24, 2.45) is 0 Å². The predicted octanol–water partition coefficient (Wildman–Crippen LogP) is 1.57. The number of aryl methyl sites for hydroxylation is 3. The average Bonchev–Trinajstić information content (AvgIpc) is 2.33. The number of hydrogen-bond donors (Lipinski definition) is 1. The van der Waals surface area contributed by atoms with Gasteiger partial charge in [-0.2, -0.15) is 0 Å². The summed E-state index contributed by atoms with van der Waals surface area (Å²) in [5, 5.41) is 2.93. The summed E-state index contributed by atoms with van der Waals surface area (Å²) >= 11 is 0. The van der Waals surface area contributed by atoms with Gasteiger partial charge in [-0.05, 0) is 38.9 Å². The normalized spacial score (nSPS) is 10.6. The highest BCUT2D eigenvalue weighted by molar-refractivity contribution is 5.94. The van der Waals surface area contributed by atoms with Crippen LogP contribution in [0.25, 0.3) is 0 Å². The molecule has 1 rings (SSSR count). The number of hydrogen-bond acceptors (Lipinski definition) is 3. The van der Waals surface area contributed by atoms with Crippen molar-refractivity contribution in [2.45, 2.75) is 20.8 Å². The standard InChI is InChI=1S/C16H25N3O2/c1-11-7-12(2)16(13(3)8-11)17-14(20)9-19(6)10-15(21)18(4)5/h7-8H,9-10H2,1-6H3,(H,17,20). The second-order valence-corrected chi connectivity index (χ2v) is 5.78. The molecule has 0 saturated carbocycles. The minimum absolute atomic E-state index is 0.0204. The van der Waals surface area contributed by atoms with Crippen molar-refractivity contribution >= 4 is 17.5 Å². The third-order valence-electron chi connectivity index (χ3n) is 3.26. The van der Waals surface area contributed by atoms with Crippen molar-refractivity contribution in [3.63, 3.8) is 0 Å². The van der Waals surface area contributed by atoms with Gasteiger partial charge in [0.1, 0.15) is 0 Å². The molecule has 0 unspecified atom stereocenters. The number of nitrogens with one attached hydrogen (secondary N) is 1. The van der Waals surface area contributed by atoms with E-state index in [0.717, 1.165) is 16.8 Å². The van der Waals surface area contributed by atoms with Crippen LogP contribution >= 0.6 is 0 Å². The van der Waals surface area contributed by atoms with Crippen LogP contribution in [0.15, 0.2) is 12.1 Å². The van der Waals surface area contributed by atoms with Crippen molar-refractivity contribution in [2.75, 3.05) is 39.5 Å². The molecule has 0 saturated heterocycles. The van der Waals surface area contributed by atoms with Gasteiger partial charge in [-0.1, -0.05) is 17.7 Å². The number of nitrogens with zero attached hydrogens (tertiary/aromatic N) is 2. The van der Waals surface area contributed by atoms with Crippen LogP contribution in [0.5, 0.6) is 0 Å². The topological polar surface area (TPSA) is 52.7 Å². The summed E-state index contributed by atoms with van der Waals surface area (Å²) in [5.41, 5.74) is 4.13. The molecule has 0 fully saturated rings. The molecule has 116 valence electrons. The Morgan fingerprint density at radius 1 is 1.00 bits per heavy atom. The summed E-state index contributed by atoms with van der Waals surface area (Å²) in [5.74, 6) is -0.132. The average molecular weight is 291 g/mol. The van der Waals surface area contributed by atoms with Crippen LogP contribution in [0.3, 0.4) is 0 Å². The molecule has 2 amide bonds. The fourth-order valence-corrected chi connectivity index (χ4v) is 2.23. The van der Waals surface area contributed by atoms with Crippen molar-refractivity contribution in [1.82, 2.24) is 9.80 Å². The van der Waals surface area contributed by atoms with Gasteiger partial charge < -0.3 is 10.2 Å². The number of likely N-dealkylation sites (N-methyl/N-ethyl adjacent to an activating group) is 2. The fraction of sp³-hybridized carbons (Fsp3) is 0.500. The molecular weight excluding hydrogens is 266 g/mol. The smallest absolute Gasteiger partial charge is 0.238 e. The molecule has 5 nitrogen and oxygen atoms in total. The molecule has 0 spiro atoms. The largest absolute Gasteiger partial charge is 0.348 e. The monoisotopic (exact) mass is 291 g/mol. The van der Waals surface area contributed by atoms with E-state index in [2.05, 4.69) is 5.32 Å². The molecule has 0 atom stereocenters. The first-order chi connectivity index (χ1) is 9.70. The van der Waals surface area contributed by atoms with E-state index in [1.807, 2.05) is 32.9 Å². The van der Waals surface area contributed by atoms with Gasteiger partial charge in [0.25, 0.3) is 0 Å². The van der Waals surface area contributed by atoms with Gasteiger partial charge in [-0.3, -0.25) is 14.5 Å². The van der Waals surface area contributed by atoms with Gasteiger partial charge in [0.15, 0.2) is 0 Å². The van der Waals surface area contributed by atoms with Crippen LogP contribution in [0, 0.1) is 20.8 Å². The Labute approximate surface area is 126 Å². The van der Waals surface area contributed by atoms with E-state index in [9.17, 15) is 9.59 Å². The molecule has 0 heterocycles. The lowest BCUT2D eigenvalue weighted by Crippen LogP contribution is -2.38. The van der Waals surface area contributed by atoms with Gasteiger partial charge in [-0.15, -0.1) is 0 Å². The fourth-order valence-electron chi connectivity index (χ4n) is 2.23. The lowest BCUT2D eigenvalue weighted by molar-refractivity contribution is -0.130. The van der Waals surface area contributed by atoms with Crippen LogP contribution < -0.4 is 5.32 Å². The highest BCUT2D eigenvalue weighted by Crippen LogP contribution is 2.21. The van der Waals surface area contributed by atoms with Gasteiger partial charge in [-0.25, -0.2) is 0 Å². The Kier molecular flexibility index (Phi) is 5.90. The molecule has 1 aromatic carbocycles. The third kappa shape index (κ3) is 5.19. The van der Waals surface area contributed by atoms with Crippen LogP contribution in [0.1, 0.15) is 16.7 Å². The molecule has 5 heteroatoms. The highest BCUT2D eigenvalue weighted by atomic mass is 16.2. The first-order valence-corrected chi connectivity index (χ1v) is 6.97. The Hall–Kier alpha value is -1.88. The molecule has 1 aromatic rings. The molecule has 0 aromatic heterocycles. The third-order valence-corrected chi connectivity index (χ3v) is 3.26. The molecule has 1 N–H and O–H groups in total. The lowest BCUT2D eigenvalue weighted by Gasteiger charge is -2.19. The van der Waals surface area contributed by atoms with Crippen molar-refractivity contribution in [3.05, 3.63) is 28.8 Å². The number of rotatable bonds is 5. The van der Waals surface area contributed by atoms with E-state index in [-0.39, 0.29) is 24.9 Å². The van der Waals surface area contributed by atoms with E-state index < -0.39 is 0 Å². The number of amides is 2. The molecule has 0 aliphatic carbocycles. The quantitative estimate of drug-likeness (QED) is 0.896. The number of anilines is 1. The van der Waals surface area contributed by atoms with E-state index in [1.165, 1.54) is 10.5 Å². The van der Waals surface area contributed by atoms with Gasteiger partial charge >= 0.3 is 0 Å². The summed E-state index contributed by atoms with van der Waals surface area (Å²) in [7, 11) is 5.17. The Morgan fingerprint density at radius 2 is 1.52 bits per heavy atom. The lowest BCUT2D eigenvalue weighted by atomic mass is 10.1. The predicted molar refractivity (Wildman–Crippen MR) is 85.5 cm³/mol. The minimum atomic E-state index is -0.112. The second kappa shape index (κ2) is 7.22. The van der Waals surface area contributed by atoms with E-state index in [0.29, 0.717) is 0 Å².